The van der Waals surface area contributed by atoms with Gasteiger partial charge < -0.3 is 14.5 Å². The van der Waals surface area contributed by atoms with E-state index >= 15 is 0 Å². The molecule has 132 valence electrons. The van der Waals surface area contributed by atoms with Crippen molar-refractivity contribution >= 4 is 30.5 Å². The molecular weight excluding hydrogens is 333 g/mol. The SMILES string of the molecule is CC(C)(C)OC(=O)N1CCN(c2ccc(C(=O)NS)cc2F)CC1. The molecule has 2 rings (SSSR count). The van der Waals surface area contributed by atoms with Gasteiger partial charge in [-0.05, 0) is 39.0 Å². The van der Waals surface area contributed by atoms with Crippen molar-refractivity contribution in [2.75, 3.05) is 31.1 Å². The van der Waals surface area contributed by atoms with Gasteiger partial charge in [0.05, 0.1) is 5.69 Å². The number of benzene rings is 1. The van der Waals surface area contributed by atoms with Crippen molar-refractivity contribution in [3.05, 3.63) is 29.6 Å². The van der Waals surface area contributed by atoms with E-state index in [1.165, 1.54) is 6.07 Å². The van der Waals surface area contributed by atoms with Gasteiger partial charge in [0.15, 0.2) is 0 Å². The molecule has 1 saturated heterocycles. The maximum atomic E-state index is 14.3. The van der Waals surface area contributed by atoms with Crippen LogP contribution in [-0.2, 0) is 4.74 Å². The third-order valence-corrected chi connectivity index (χ3v) is 3.79. The van der Waals surface area contributed by atoms with Gasteiger partial charge in [-0.2, -0.15) is 0 Å². The quantitative estimate of drug-likeness (QED) is 0.800. The van der Waals surface area contributed by atoms with Crippen LogP contribution in [0.5, 0.6) is 0 Å². The number of hydrogen-bond donors (Lipinski definition) is 2. The lowest BCUT2D eigenvalue weighted by Gasteiger charge is -2.36. The number of hydrogen-bond acceptors (Lipinski definition) is 5. The Morgan fingerprint density at radius 1 is 1.21 bits per heavy atom. The summed E-state index contributed by atoms with van der Waals surface area (Å²) >= 11 is 3.67. The summed E-state index contributed by atoms with van der Waals surface area (Å²) in [5.74, 6) is -0.936. The second kappa shape index (κ2) is 7.29. The van der Waals surface area contributed by atoms with Crippen LogP contribution in [0.2, 0.25) is 0 Å². The number of rotatable bonds is 2. The minimum atomic E-state index is -0.538. The Morgan fingerprint density at radius 3 is 2.33 bits per heavy atom. The molecule has 2 amide bonds. The van der Waals surface area contributed by atoms with Gasteiger partial charge in [0, 0.05) is 31.7 Å². The summed E-state index contributed by atoms with van der Waals surface area (Å²) in [6.07, 6.45) is -0.358. The summed E-state index contributed by atoms with van der Waals surface area (Å²) in [6.45, 7) is 7.35. The van der Waals surface area contributed by atoms with Crippen LogP contribution in [0.25, 0.3) is 0 Å². The lowest BCUT2D eigenvalue weighted by Crippen LogP contribution is -2.50. The Kier molecular flexibility index (Phi) is 5.58. The molecule has 1 fully saturated rings. The highest BCUT2D eigenvalue weighted by molar-refractivity contribution is 7.78. The molecule has 0 saturated carbocycles. The molecule has 0 atom stereocenters. The van der Waals surface area contributed by atoms with Crippen molar-refractivity contribution in [1.29, 1.82) is 0 Å². The molecular formula is C16H22FN3O3S. The van der Waals surface area contributed by atoms with E-state index in [1.807, 2.05) is 25.7 Å². The van der Waals surface area contributed by atoms with Crippen molar-refractivity contribution in [3.63, 3.8) is 0 Å². The number of carbonyl (C=O) groups is 2. The van der Waals surface area contributed by atoms with E-state index in [1.54, 1.807) is 17.0 Å². The van der Waals surface area contributed by atoms with Gasteiger partial charge in [-0.25, -0.2) is 9.18 Å². The summed E-state index contributed by atoms with van der Waals surface area (Å²) in [6, 6.07) is 4.29. The van der Waals surface area contributed by atoms with Gasteiger partial charge in [-0.3, -0.25) is 9.52 Å². The molecule has 0 aromatic heterocycles. The number of amides is 2. The summed E-state index contributed by atoms with van der Waals surface area (Å²) in [5.41, 5.74) is 0.0807. The minimum Gasteiger partial charge on any atom is -0.444 e. The maximum Gasteiger partial charge on any atom is 0.410 e. The predicted molar refractivity (Wildman–Crippen MR) is 92.9 cm³/mol. The Labute approximate surface area is 146 Å². The fraction of sp³-hybridized carbons (Fsp3) is 0.500. The Balaban J connectivity index is 2.00. The zero-order valence-corrected chi connectivity index (χ0v) is 14.9. The first-order valence-electron chi connectivity index (χ1n) is 7.68. The Bertz CT molecular complexity index is 625. The summed E-state index contributed by atoms with van der Waals surface area (Å²) in [4.78, 5) is 27.0. The molecule has 1 aromatic rings. The molecule has 0 aliphatic carbocycles. The van der Waals surface area contributed by atoms with Crippen LogP contribution in [0.15, 0.2) is 18.2 Å². The highest BCUT2D eigenvalue weighted by Crippen LogP contribution is 2.22. The van der Waals surface area contributed by atoms with E-state index < -0.39 is 17.3 Å². The third-order valence-electron chi connectivity index (χ3n) is 3.58. The zero-order chi connectivity index (χ0) is 17.9. The molecule has 0 bridgehead atoms. The summed E-state index contributed by atoms with van der Waals surface area (Å²) in [7, 11) is 0. The molecule has 24 heavy (non-hydrogen) atoms. The van der Waals surface area contributed by atoms with Crippen LogP contribution in [0.3, 0.4) is 0 Å². The lowest BCUT2D eigenvalue weighted by atomic mass is 10.1. The Hall–Kier alpha value is -1.96. The van der Waals surface area contributed by atoms with Crippen molar-refractivity contribution in [1.82, 2.24) is 9.62 Å². The molecule has 1 aromatic carbocycles. The van der Waals surface area contributed by atoms with Gasteiger partial charge in [0.1, 0.15) is 11.4 Å². The molecule has 0 radical (unpaired) electrons. The van der Waals surface area contributed by atoms with E-state index in [4.69, 9.17) is 4.74 Å². The van der Waals surface area contributed by atoms with E-state index in [2.05, 4.69) is 17.5 Å². The second-order valence-electron chi connectivity index (χ2n) is 6.56. The van der Waals surface area contributed by atoms with Gasteiger partial charge in [-0.15, -0.1) is 0 Å². The molecule has 1 aliphatic heterocycles. The number of anilines is 1. The zero-order valence-electron chi connectivity index (χ0n) is 14.0. The van der Waals surface area contributed by atoms with Crippen LogP contribution in [0.4, 0.5) is 14.9 Å². The van der Waals surface area contributed by atoms with Crippen LogP contribution >= 0.6 is 12.8 Å². The smallest absolute Gasteiger partial charge is 0.410 e. The minimum absolute atomic E-state index is 0.207. The molecule has 6 nitrogen and oxygen atoms in total. The number of ether oxygens (including phenoxy) is 1. The van der Waals surface area contributed by atoms with Crippen LogP contribution < -0.4 is 9.62 Å². The fourth-order valence-electron chi connectivity index (χ4n) is 2.43. The van der Waals surface area contributed by atoms with Gasteiger partial charge in [0.25, 0.3) is 5.91 Å². The number of piperazine rings is 1. The van der Waals surface area contributed by atoms with Crippen LogP contribution in [0.1, 0.15) is 31.1 Å². The van der Waals surface area contributed by atoms with Gasteiger partial charge in [-0.1, -0.05) is 12.8 Å². The molecule has 8 heteroatoms. The molecule has 1 heterocycles. The van der Waals surface area contributed by atoms with E-state index in [0.717, 1.165) is 0 Å². The van der Waals surface area contributed by atoms with Crippen molar-refractivity contribution in [2.24, 2.45) is 0 Å². The average Bonchev–Trinajstić information content (AvgIpc) is 2.52. The van der Waals surface area contributed by atoms with E-state index in [0.29, 0.717) is 31.9 Å². The summed E-state index contributed by atoms with van der Waals surface area (Å²) in [5, 5.41) is 0. The first kappa shape index (κ1) is 18.4. The lowest BCUT2D eigenvalue weighted by molar-refractivity contribution is 0.0240. The van der Waals surface area contributed by atoms with Gasteiger partial charge >= 0.3 is 6.09 Å². The fourth-order valence-corrected chi connectivity index (χ4v) is 2.55. The predicted octanol–water partition coefficient (Wildman–Crippen LogP) is 2.46. The molecule has 0 unspecified atom stereocenters. The Morgan fingerprint density at radius 2 is 1.83 bits per heavy atom. The average molecular weight is 355 g/mol. The van der Waals surface area contributed by atoms with Crippen LogP contribution in [0, 0.1) is 5.82 Å². The number of nitrogens with one attached hydrogen (secondary N) is 1. The standard InChI is InChI=1S/C16H22FN3O3S/c1-16(2,3)23-15(22)20-8-6-19(7-9-20)13-5-4-11(10-12(13)17)14(21)18-24/h4-5,10,24H,6-9H2,1-3H3,(H,18,21). The topological polar surface area (TPSA) is 61.9 Å². The van der Waals surface area contributed by atoms with Crippen molar-refractivity contribution in [2.45, 2.75) is 26.4 Å². The molecule has 1 N–H and O–H groups in total. The second-order valence-corrected chi connectivity index (χ2v) is 6.79. The van der Waals surface area contributed by atoms with E-state index in [-0.39, 0.29) is 11.7 Å². The number of carbonyl (C=O) groups excluding carboxylic acids is 2. The molecule has 1 aliphatic rings. The maximum absolute atomic E-state index is 14.3. The monoisotopic (exact) mass is 355 g/mol. The normalized spacial score (nSPS) is 15.2. The third kappa shape index (κ3) is 4.53. The van der Waals surface area contributed by atoms with Crippen molar-refractivity contribution < 1.29 is 18.7 Å². The summed E-state index contributed by atoms with van der Waals surface area (Å²) < 4.78 is 21.8. The molecule has 0 spiro atoms. The highest BCUT2D eigenvalue weighted by Gasteiger charge is 2.26. The number of thiol groups is 1. The van der Waals surface area contributed by atoms with E-state index in [9.17, 15) is 14.0 Å². The van der Waals surface area contributed by atoms with Gasteiger partial charge in [0.2, 0.25) is 0 Å². The number of nitrogens with zero attached hydrogens (tertiary/aromatic N) is 2. The first-order chi connectivity index (χ1) is 11.2. The largest absolute Gasteiger partial charge is 0.444 e. The van der Waals surface area contributed by atoms with Crippen molar-refractivity contribution in [3.8, 4) is 0 Å². The highest BCUT2D eigenvalue weighted by atomic mass is 32.1. The number of halogens is 1. The first-order valence-corrected chi connectivity index (χ1v) is 8.13. The van der Waals surface area contributed by atoms with Crippen LogP contribution in [-0.4, -0.2) is 48.7 Å².